The second kappa shape index (κ2) is 5.69. The van der Waals surface area contributed by atoms with Crippen molar-refractivity contribution in [3.8, 4) is 11.5 Å². The molecule has 0 aliphatic rings. The summed E-state index contributed by atoms with van der Waals surface area (Å²) in [5.74, 6) is 1.10. The molecule has 3 rings (SSSR count). The second-order valence-corrected chi connectivity index (χ2v) is 5.83. The van der Waals surface area contributed by atoms with Crippen molar-refractivity contribution in [3.63, 3.8) is 0 Å². The van der Waals surface area contributed by atoms with Gasteiger partial charge in [-0.05, 0) is 36.8 Å². The van der Waals surface area contributed by atoms with Gasteiger partial charge in [-0.1, -0.05) is 44.8 Å². The van der Waals surface area contributed by atoms with Gasteiger partial charge in [0.15, 0.2) is 5.82 Å². The van der Waals surface area contributed by atoms with Gasteiger partial charge in [0, 0.05) is 16.6 Å². The molecular formula is C16H14BrN3O. The van der Waals surface area contributed by atoms with Crippen LogP contribution in [0.15, 0.2) is 51.5 Å². The highest BCUT2D eigenvalue weighted by Crippen LogP contribution is 2.25. The minimum absolute atomic E-state index is 0.459. The number of nitrogens with two attached hydrogens (primary N) is 1. The molecule has 0 unspecified atom stereocenters. The normalized spacial score (nSPS) is 10.8. The Bertz CT molecular complexity index is 783. The predicted molar refractivity (Wildman–Crippen MR) is 85.8 cm³/mol. The van der Waals surface area contributed by atoms with Crippen LogP contribution < -0.4 is 5.73 Å². The molecule has 0 saturated heterocycles. The van der Waals surface area contributed by atoms with Crippen molar-refractivity contribution in [3.05, 3.63) is 63.9 Å². The van der Waals surface area contributed by atoms with E-state index in [0.717, 1.165) is 21.2 Å². The Hall–Kier alpha value is -2.14. The number of aromatic nitrogens is 2. The van der Waals surface area contributed by atoms with Gasteiger partial charge in [0.2, 0.25) is 0 Å². The number of aryl methyl sites for hydroxylation is 1. The molecule has 5 heteroatoms. The number of rotatable bonds is 3. The Morgan fingerprint density at radius 3 is 2.86 bits per heavy atom. The van der Waals surface area contributed by atoms with E-state index in [2.05, 4.69) is 26.1 Å². The highest BCUT2D eigenvalue weighted by molar-refractivity contribution is 9.10. The first kappa shape index (κ1) is 13.8. The Morgan fingerprint density at radius 2 is 2.05 bits per heavy atom. The van der Waals surface area contributed by atoms with Crippen LogP contribution in [0.2, 0.25) is 0 Å². The van der Waals surface area contributed by atoms with E-state index >= 15 is 0 Å². The summed E-state index contributed by atoms with van der Waals surface area (Å²) >= 11 is 3.45. The molecular weight excluding hydrogens is 330 g/mol. The van der Waals surface area contributed by atoms with E-state index in [-0.39, 0.29) is 0 Å². The molecule has 2 aromatic carbocycles. The first-order chi connectivity index (χ1) is 10.1. The van der Waals surface area contributed by atoms with Crippen molar-refractivity contribution in [2.45, 2.75) is 13.3 Å². The number of nitrogens with zero attached hydrogens (tertiary/aromatic N) is 2. The van der Waals surface area contributed by atoms with E-state index in [1.54, 1.807) is 0 Å². The van der Waals surface area contributed by atoms with Crippen LogP contribution in [-0.2, 0) is 6.42 Å². The number of hydrogen-bond acceptors (Lipinski definition) is 4. The molecule has 0 fully saturated rings. The van der Waals surface area contributed by atoms with Crippen molar-refractivity contribution in [2.24, 2.45) is 0 Å². The zero-order chi connectivity index (χ0) is 14.8. The van der Waals surface area contributed by atoms with Crippen molar-refractivity contribution >= 4 is 21.6 Å². The maximum absolute atomic E-state index is 5.97. The summed E-state index contributed by atoms with van der Waals surface area (Å²) < 4.78 is 6.37. The molecule has 2 N–H and O–H groups in total. The van der Waals surface area contributed by atoms with Crippen molar-refractivity contribution in [2.75, 3.05) is 5.73 Å². The fourth-order valence-electron chi connectivity index (χ4n) is 2.12. The SMILES string of the molecule is Cc1ccc(N)c(-c2nc(Cc3cccc(Br)c3)no2)c1. The zero-order valence-electron chi connectivity index (χ0n) is 11.5. The summed E-state index contributed by atoms with van der Waals surface area (Å²) in [5, 5.41) is 4.03. The third kappa shape index (κ3) is 3.13. The number of anilines is 1. The molecule has 0 saturated carbocycles. The largest absolute Gasteiger partial charge is 0.398 e. The topological polar surface area (TPSA) is 64.9 Å². The fourth-order valence-corrected chi connectivity index (χ4v) is 2.57. The lowest BCUT2D eigenvalue weighted by Crippen LogP contribution is -1.93. The van der Waals surface area contributed by atoms with Crippen LogP contribution in [-0.4, -0.2) is 10.1 Å². The molecule has 0 amide bonds. The van der Waals surface area contributed by atoms with E-state index in [0.29, 0.717) is 23.8 Å². The summed E-state index contributed by atoms with van der Waals surface area (Å²) in [6.45, 7) is 2.00. The number of benzene rings is 2. The van der Waals surface area contributed by atoms with Crippen LogP contribution in [0, 0.1) is 6.92 Å². The fraction of sp³-hybridized carbons (Fsp3) is 0.125. The Labute approximate surface area is 131 Å². The average Bonchev–Trinajstić information content (AvgIpc) is 2.90. The number of hydrogen-bond donors (Lipinski definition) is 1. The van der Waals surface area contributed by atoms with Crippen LogP contribution >= 0.6 is 15.9 Å². The highest BCUT2D eigenvalue weighted by atomic mass is 79.9. The van der Waals surface area contributed by atoms with Gasteiger partial charge < -0.3 is 10.3 Å². The maximum Gasteiger partial charge on any atom is 0.260 e. The quantitative estimate of drug-likeness (QED) is 0.730. The van der Waals surface area contributed by atoms with Gasteiger partial charge in [-0.15, -0.1) is 0 Å². The second-order valence-electron chi connectivity index (χ2n) is 4.91. The molecule has 4 nitrogen and oxygen atoms in total. The lowest BCUT2D eigenvalue weighted by molar-refractivity contribution is 0.424. The monoisotopic (exact) mass is 343 g/mol. The molecule has 0 spiro atoms. The average molecular weight is 344 g/mol. The Morgan fingerprint density at radius 1 is 1.19 bits per heavy atom. The third-order valence-electron chi connectivity index (χ3n) is 3.16. The van der Waals surface area contributed by atoms with Gasteiger partial charge in [-0.3, -0.25) is 0 Å². The van der Waals surface area contributed by atoms with Gasteiger partial charge >= 0.3 is 0 Å². The lowest BCUT2D eigenvalue weighted by atomic mass is 10.1. The molecule has 1 aromatic heterocycles. The van der Waals surface area contributed by atoms with Gasteiger partial charge in [-0.25, -0.2) is 0 Å². The standard InChI is InChI=1S/C16H14BrN3O/c1-10-5-6-14(18)13(7-10)16-19-15(20-21-16)9-11-3-2-4-12(17)8-11/h2-8H,9,18H2,1H3. The van der Waals surface area contributed by atoms with Gasteiger partial charge in [0.1, 0.15) is 0 Å². The Kier molecular flexibility index (Phi) is 3.75. The van der Waals surface area contributed by atoms with E-state index < -0.39 is 0 Å². The van der Waals surface area contributed by atoms with Crippen molar-refractivity contribution < 1.29 is 4.52 Å². The molecule has 21 heavy (non-hydrogen) atoms. The van der Waals surface area contributed by atoms with Gasteiger partial charge in [-0.2, -0.15) is 4.98 Å². The van der Waals surface area contributed by atoms with Crippen LogP contribution in [0.25, 0.3) is 11.5 Å². The minimum atomic E-state index is 0.459. The van der Waals surface area contributed by atoms with Crippen molar-refractivity contribution in [1.82, 2.24) is 10.1 Å². The minimum Gasteiger partial charge on any atom is -0.398 e. The summed E-state index contributed by atoms with van der Waals surface area (Å²) in [7, 11) is 0. The summed E-state index contributed by atoms with van der Waals surface area (Å²) in [5.41, 5.74) is 9.61. The van der Waals surface area contributed by atoms with Crippen LogP contribution in [0.1, 0.15) is 17.0 Å². The number of nitrogen functional groups attached to an aromatic ring is 1. The van der Waals surface area contributed by atoms with Crippen molar-refractivity contribution in [1.29, 1.82) is 0 Å². The molecule has 0 radical (unpaired) electrons. The molecule has 0 aliphatic heterocycles. The highest BCUT2D eigenvalue weighted by Gasteiger charge is 2.12. The van der Waals surface area contributed by atoms with E-state index in [1.165, 1.54) is 0 Å². The summed E-state index contributed by atoms with van der Waals surface area (Å²) in [4.78, 5) is 4.43. The molecule has 0 bridgehead atoms. The molecule has 0 atom stereocenters. The van der Waals surface area contributed by atoms with E-state index in [1.807, 2.05) is 49.4 Å². The third-order valence-corrected chi connectivity index (χ3v) is 3.65. The predicted octanol–water partition coefficient (Wildman–Crippen LogP) is 3.98. The summed E-state index contributed by atoms with van der Waals surface area (Å²) in [6.07, 6.45) is 0.620. The molecule has 106 valence electrons. The van der Waals surface area contributed by atoms with Crippen LogP contribution in [0.4, 0.5) is 5.69 Å². The van der Waals surface area contributed by atoms with Crippen LogP contribution in [0.3, 0.4) is 0 Å². The molecule has 3 aromatic rings. The lowest BCUT2D eigenvalue weighted by Gasteiger charge is -2.01. The summed E-state index contributed by atoms with van der Waals surface area (Å²) in [6, 6.07) is 13.8. The van der Waals surface area contributed by atoms with Crippen LogP contribution in [0.5, 0.6) is 0 Å². The van der Waals surface area contributed by atoms with Gasteiger partial charge in [0.25, 0.3) is 5.89 Å². The molecule has 1 heterocycles. The maximum atomic E-state index is 5.97. The Balaban J connectivity index is 1.88. The van der Waals surface area contributed by atoms with Gasteiger partial charge in [0.05, 0.1) is 5.56 Å². The zero-order valence-corrected chi connectivity index (χ0v) is 13.1. The smallest absolute Gasteiger partial charge is 0.260 e. The number of halogens is 1. The first-order valence-electron chi connectivity index (χ1n) is 6.55. The van der Waals surface area contributed by atoms with E-state index in [4.69, 9.17) is 10.3 Å². The first-order valence-corrected chi connectivity index (χ1v) is 7.34. The van der Waals surface area contributed by atoms with E-state index in [9.17, 15) is 0 Å². The molecule has 0 aliphatic carbocycles.